The van der Waals surface area contributed by atoms with Crippen LogP contribution in [0.2, 0.25) is 0 Å². The van der Waals surface area contributed by atoms with E-state index in [9.17, 15) is 9.59 Å². The highest BCUT2D eigenvalue weighted by atomic mass is 16.5. The van der Waals surface area contributed by atoms with Gasteiger partial charge in [-0.2, -0.15) is 0 Å². The summed E-state index contributed by atoms with van der Waals surface area (Å²) in [4.78, 5) is 22.2. The normalized spacial score (nSPS) is 21.3. The molecule has 0 saturated heterocycles. The number of amides is 2. The van der Waals surface area contributed by atoms with Crippen LogP contribution in [-0.4, -0.2) is 56.6 Å². The summed E-state index contributed by atoms with van der Waals surface area (Å²) in [6, 6.07) is -0.549. The number of carbonyl (C=O) groups excluding carboxylic acids is 1. The Morgan fingerprint density at radius 3 is 2.74 bits per heavy atom. The van der Waals surface area contributed by atoms with Crippen LogP contribution < -0.4 is 10.6 Å². The number of rotatable bonds is 8. The van der Waals surface area contributed by atoms with Crippen molar-refractivity contribution in [3.63, 3.8) is 0 Å². The second-order valence-electron chi connectivity index (χ2n) is 4.18. The number of carboxylic acid groups (broad SMARTS) is 1. The summed E-state index contributed by atoms with van der Waals surface area (Å²) < 4.78 is 9.99. The maximum absolute atomic E-state index is 11.5. The fourth-order valence-electron chi connectivity index (χ4n) is 1.69. The van der Waals surface area contributed by atoms with Gasteiger partial charge < -0.3 is 25.2 Å². The third-order valence-electron chi connectivity index (χ3n) is 2.68. The number of carbonyl (C=O) groups is 2. The van der Waals surface area contributed by atoms with Gasteiger partial charge in [-0.1, -0.05) is 12.2 Å². The Morgan fingerprint density at radius 1 is 1.32 bits per heavy atom. The van der Waals surface area contributed by atoms with Crippen molar-refractivity contribution in [2.45, 2.75) is 12.5 Å². The summed E-state index contributed by atoms with van der Waals surface area (Å²) in [6.07, 6.45) is 3.70. The predicted molar refractivity (Wildman–Crippen MR) is 67.9 cm³/mol. The van der Waals surface area contributed by atoms with Crippen LogP contribution in [0.4, 0.5) is 4.79 Å². The topological polar surface area (TPSA) is 96.9 Å². The lowest BCUT2D eigenvalue weighted by Crippen LogP contribution is -2.42. The molecule has 0 fully saturated rings. The van der Waals surface area contributed by atoms with Gasteiger partial charge in [0.15, 0.2) is 0 Å². The molecule has 2 unspecified atom stereocenters. The zero-order valence-electron chi connectivity index (χ0n) is 10.9. The van der Waals surface area contributed by atoms with E-state index in [1.54, 1.807) is 19.3 Å². The van der Waals surface area contributed by atoms with Crippen LogP contribution in [0.25, 0.3) is 0 Å². The molecule has 2 amide bonds. The van der Waals surface area contributed by atoms with Crippen LogP contribution >= 0.6 is 0 Å². The summed E-state index contributed by atoms with van der Waals surface area (Å²) >= 11 is 0. The first-order chi connectivity index (χ1) is 9.13. The minimum Gasteiger partial charge on any atom is -0.481 e. The lowest BCUT2D eigenvalue weighted by molar-refractivity contribution is -0.140. The van der Waals surface area contributed by atoms with Gasteiger partial charge in [-0.25, -0.2) is 4.79 Å². The Bertz CT molecular complexity index is 332. The van der Waals surface area contributed by atoms with Gasteiger partial charge in [0.25, 0.3) is 0 Å². The molecule has 0 heterocycles. The predicted octanol–water partition coefficient (Wildman–Crippen LogP) is -0.0221. The number of carboxylic acids is 1. The number of methoxy groups -OCH3 is 1. The van der Waals surface area contributed by atoms with Crippen molar-refractivity contribution < 1.29 is 24.2 Å². The lowest BCUT2D eigenvalue weighted by atomic mass is 10.1. The van der Waals surface area contributed by atoms with E-state index in [2.05, 4.69) is 10.6 Å². The van der Waals surface area contributed by atoms with E-state index < -0.39 is 11.9 Å². The van der Waals surface area contributed by atoms with Crippen LogP contribution in [0.1, 0.15) is 6.42 Å². The highest BCUT2D eigenvalue weighted by molar-refractivity contribution is 5.76. The van der Waals surface area contributed by atoms with Crippen molar-refractivity contribution in [3.05, 3.63) is 12.2 Å². The molecule has 0 aliphatic heterocycles. The fourth-order valence-corrected chi connectivity index (χ4v) is 1.69. The van der Waals surface area contributed by atoms with Gasteiger partial charge in [-0.15, -0.1) is 0 Å². The zero-order chi connectivity index (χ0) is 14.1. The minimum absolute atomic E-state index is 0.226. The Morgan fingerprint density at radius 2 is 2.11 bits per heavy atom. The Balaban J connectivity index is 2.06. The first kappa shape index (κ1) is 15.5. The second kappa shape index (κ2) is 8.49. The van der Waals surface area contributed by atoms with Crippen molar-refractivity contribution in [2.75, 3.05) is 33.5 Å². The summed E-state index contributed by atoms with van der Waals surface area (Å²) in [5.41, 5.74) is 0. The number of ether oxygens (including phenoxy) is 2. The molecular weight excluding hydrogens is 252 g/mol. The summed E-state index contributed by atoms with van der Waals surface area (Å²) in [5.74, 6) is -1.38. The lowest BCUT2D eigenvalue weighted by Gasteiger charge is -2.13. The molecule has 1 aliphatic carbocycles. The van der Waals surface area contributed by atoms with Crippen LogP contribution in [-0.2, 0) is 14.3 Å². The van der Waals surface area contributed by atoms with Crippen LogP contribution in [0.5, 0.6) is 0 Å². The molecular formula is C12H20N2O5. The highest BCUT2D eigenvalue weighted by Crippen LogP contribution is 2.17. The number of aliphatic carboxylic acids is 1. The average molecular weight is 272 g/mol. The molecule has 0 saturated carbocycles. The number of hydrogen-bond acceptors (Lipinski definition) is 4. The molecule has 0 aromatic rings. The van der Waals surface area contributed by atoms with Gasteiger partial charge >= 0.3 is 12.0 Å². The first-order valence-electron chi connectivity index (χ1n) is 6.15. The van der Waals surface area contributed by atoms with Crippen LogP contribution in [0.3, 0.4) is 0 Å². The minimum atomic E-state index is -0.868. The molecule has 19 heavy (non-hydrogen) atoms. The van der Waals surface area contributed by atoms with E-state index in [4.69, 9.17) is 14.6 Å². The van der Waals surface area contributed by atoms with Crippen LogP contribution in [0, 0.1) is 5.92 Å². The Hall–Kier alpha value is -1.60. The Labute approximate surface area is 112 Å². The molecule has 7 heteroatoms. The van der Waals surface area contributed by atoms with Crippen molar-refractivity contribution >= 4 is 12.0 Å². The third-order valence-corrected chi connectivity index (χ3v) is 2.68. The van der Waals surface area contributed by atoms with E-state index in [1.807, 2.05) is 0 Å². The maximum Gasteiger partial charge on any atom is 0.315 e. The van der Waals surface area contributed by atoms with E-state index in [0.717, 1.165) is 0 Å². The molecule has 0 aromatic carbocycles. The van der Waals surface area contributed by atoms with Crippen molar-refractivity contribution in [1.82, 2.24) is 10.6 Å². The standard InChI is InChI=1S/C12H20N2O5/c1-18-6-7-19-5-4-13-12(17)14-10-3-2-9(8-10)11(15)16/h2-3,9-10H,4-8H2,1H3,(H,15,16)(H2,13,14,17). The molecule has 1 aliphatic rings. The SMILES string of the molecule is COCCOCCNC(=O)NC1C=CC(C(=O)O)C1. The fraction of sp³-hybridized carbons (Fsp3) is 0.667. The summed E-state index contributed by atoms with van der Waals surface area (Å²) in [5, 5.41) is 14.1. The number of urea groups is 1. The van der Waals surface area contributed by atoms with Gasteiger partial charge in [0.05, 0.1) is 31.8 Å². The molecule has 3 N–H and O–H groups in total. The summed E-state index contributed by atoms with van der Waals surface area (Å²) in [7, 11) is 1.59. The van der Waals surface area contributed by atoms with E-state index in [-0.39, 0.29) is 12.1 Å². The van der Waals surface area contributed by atoms with Gasteiger partial charge in [0, 0.05) is 13.7 Å². The molecule has 0 spiro atoms. The quantitative estimate of drug-likeness (QED) is 0.426. The van der Waals surface area contributed by atoms with Crippen LogP contribution in [0.15, 0.2) is 12.2 Å². The second-order valence-corrected chi connectivity index (χ2v) is 4.18. The van der Waals surface area contributed by atoms with Gasteiger partial charge in [0.1, 0.15) is 0 Å². The third kappa shape index (κ3) is 6.21. The van der Waals surface area contributed by atoms with Crippen molar-refractivity contribution in [1.29, 1.82) is 0 Å². The molecule has 0 aromatic heterocycles. The average Bonchev–Trinajstić information content (AvgIpc) is 2.82. The van der Waals surface area contributed by atoms with E-state index >= 15 is 0 Å². The largest absolute Gasteiger partial charge is 0.481 e. The summed E-state index contributed by atoms with van der Waals surface area (Å²) in [6.45, 7) is 1.82. The van der Waals surface area contributed by atoms with Crippen molar-refractivity contribution in [3.8, 4) is 0 Å². The van der Waals surface area contributed by atoms with E-state index in [0.29, 0.717) is 32.8 Å². The molecule has 1 rings (SSSR count). The first-order valence-corrected chi connectivity index (χ1v) is 6.15. The van der Waals surface area contributed by atoms with Gasteiger partial charge in [-0.3, -0.25) is 4.79 Å². The highest BCUT2D eigenvalue weighted by Gasteiger charge is 2.25. The molecule has 0 radical (unpaired) electrons. The number of nitrogens with one attached hydrogen (secondary N) is 2. The molecule has 2 atom stereocenters. The molecule has 0 bridgehead atoms. The van der Waals surface area contributed by atoms with Gasteiger partial charge in [0.2, 0.25) is 0 Å². The molecule has 7 nitrogen and oxygen atoms in total. The van der Waals surface area contributed by atoms with Crippen molar-refractivity contribution in [2.24, 2.45) is 5.92 Å². The van der Waals surface area contributed by atoms with E-state index in [1.165, 1.54) is 0 Å². The monoisotopic (exact) mass is 272 g/mol. The Kier molecular flexibility index (Phi) is 6.91. The molecule has 108 valence electrons. The zero-order valence-corrected chi connectivity index (χ0v) is 10.9. The maximum atomic E-state index is 11.5. The number of hydrogen-bond donors (Lipinski definition) is 3. The smallest absolute Gasteiger partial charge is 0.315 e. The van der Waals surface area contributed by atoms with Gasteiger partial charge in [-0.05, 0) is 6.42 Å².